The first-order chi connectivity index (χ1) is 16.5. The SMILES string of the molecule is CC1=CC(C)(C(=O)C(C)(O)Cc2ccc(CC(C)(O)C(=O)C3(C)C=C(C)C=C(C)C3)cc2)CC(C)=C1. The summed E-state index contributed by atoms with van der Waals surface area (Å²) >= 11 is 0. The lowest BCUT2D eigenvalue weighted by Gasteiger charge is -2.36. The van der Waals surface area contributed by atoms with E-state index in [1.165, 1.54) is 0 Å². The fourth-order valence-electron chi connectivity index (χ4n) is 6.48. The van der Waals surface area contributed by atoms with Gasteiger partial charge in [-0.05, 0) is 79.4 Å². The second-order valence-corrected chi connectivity index (χ2v) is 12.3. The molecule has 0 saturated carbocycles. The zero-order valence-corrected chi connectivity index (χ0v) is 23.2. The zero-order valence-electron chi connectivity index (χ0n) is 23.2. The Bertz CT molecular complexity index is 1080. The number of rotatable bonds is 8. The summed E-state index contributed by atoms with van der Waals surface area (Å²) in [7, 11) is 0. The van der Waals surface area contributed by atoms with Crippen molar-refractivity contribution in [1.29, 1.82) is 0 Å². The lowest BCUT2D eigenvalue weighted by Crippen LogP contribution is -2.47. The molecule has 2 aliphatic carbocycles. The van der Waals surface area contributed by atoms with Crippen LogP contribution < -0.4 is 0 Å². The molecular weight excluding hydrogens is 448 g/mol. The molecule has 4 nitrogen and oxygen atoms in total. The van der Waals surface area contributed by atoms with Crippen LogP contribution in [0.1, 0.15) is 79.4 Å². The average molecular weight is 491 g/mol. The van der Waals surface area contributed by atoms with Crippen LogP contribution in [-0.2, 0) is 22.4 Å². The van der Waals surface area contributed by atoms with Crippen molar-refractivity contribution in [1.82, 2.24) is 0 Å². The van der Waals surface area contributed by atoms with Crippen LogP contribution in [0.25, 0.3) is 0 Å². The first kappa shape index (κ1) is 28.0. The Morgan fingerprint density at radius 3 is 1.31 bits per heavy atom. The van der Waals surface area contributed by atoms with Gasteiger partial charge in [0, 0.05) is 12.8 Å². The maximum Gasteiger partial charge on any atom is 0.174 e. The summed E-state index contributed by atoms with van der Waals surface area (Å²) in [5.74, 6) is -0.374. The van der Waals surface area contributed by atoms with Gasteiger partial charge >= 0.3 is 0 Å². The molecule has 0 bridgehead atoms. The normalized spacial score (nSPS) is 27.6. The van der Waals surface area contributed by atoms with Gasteiger partial charge in [0.2, 0.25) is 0 Å². The van der Waals surface area contributed by atoms with Gasteiger partial charge in [-0.15, -0.1) is 0 Å². The van der Waals surface area contributed by atoms with Crippen molar-refractivity contribution in [2.24, 2.45) is 10.8 Å². The molecule has 0 amide bonds. The summed E-state index contributed by atoms with van der Waals surface area (Å²) in [5.41, 5.74) is 1.49. The molecule has 4 heteroatoms. The topological polar surface area (TPSA) is 74.6 Å². The molecular formula is C32H42O4. The number of ketones is 2. The lowest BCUT2D eigenvalue weighted by atomic mass is 9.69. The summed E-state index contributed by atoms with van der Waals surface area (Å²) < 4.78 is 0. The molecule has 0 saturated heterocycles. The van der Waals surface area contributed by atoms with Gasteiger partial charge in [-0.25, -0.2) is 0 Å². The van der Waals surface area contributed by atoms with Gasteiger partial charge in [-0.3, -0.25) is 9.59 Å². The number of hydrogen-bond donors (Lipinski definition) is 2. The quantitative estimate of drug-likeness (QED) is 0.467. The van der Waals surface area contributed by atoms with Crippen LogP contribution in [0.2, 0.25) is 0 Å². The molecule has 0 radical (unpaired) electrons. The average Bonchev–Trinajstić information content (AvgIpc) is 2.71. The molecule has 2 N–H and O–H groups in total. The van der Waals surface area contributed by atoms with Crippen LogP contribution >= 0.6 is 0 Å². The van der Waals surface area contributed by atoms with Crippen LogP contribution in [0.4, 0.5) is 0 Å². The number of hydrogen-bond acceptors (Lipinski definition) is 4. The minimum absolute atomic E-state index is 0.187. The maximum atomic E-state index is 13.4. The van der Waals surface area contributed by atoms with Gasteiger partial charge in [0.25, 0.3) is 0 Å². The number of Topliss-reactive ketones (excluding diaryl/α,β-unsaturated/α-hetero) is 2. The highest BCUT2D eigenvalue weighted by Gasteiger charge is 2.45. The second-order valence-electron chi connectivity index (χ2n) is 12.3. The summed E-state index contributed by atoms with van der Waals surface area (Å²) in [6.07, 6.45) is 9.66. The Morgan fingerprint density at radius 2 is 1.03 bits per heavy atom. The van der Waals surface area contributed by atoms with Crippen molar-refractivity contribution in [2.45, 2.75) is 92.3 Å². The Kier molecular flexibility index (Phi) is 7.56. The molecule has 4 atom stereocenters. The number of benzene rings is 1. The third-order valence-electron chi connectivity index (χ3n) is 7.47. The van der Waals surface area contributed by atoms with Gasteiger partial charge in [0.1, 0.15) is 11.2 Å². The van der Waals surface area contributed by atoms with E-state index in [0.29, 0.717) is 12.8 Å². The predicted octanol–water partition coefficient (Wildman–Crippen LogP) is 6.02. The minimum atomic E-state index is -1.52. The molecule has 36 heavy (non-hydrogen) atoms. The standard InChI is InChI=1S/C32H42O4/c1-21-13-22(2)16-29(5,15-21)27(33)31(7,35)19-25-9-11-26(12-10-25)20-32(8,36)28(34)30(6)17-23(3)14-24(4)18-30/h9-15,17,35-36H,16,18-20H2,1-8H3. The number of aliphatic hydroxyl groups is 2. The number of allylic oxidation sites excluding steroid dienone is 8. The van der Waals surface area contributed by atoms with Gasteiger partial charge < -0.3 is 10.2 Å². The predicted molar refractivity (Wildman–Crippen MR) is 146 cm³/mol. The molecule has 1 aromatic carbocycles. The monoisotopic (exact) mass is 490 g/mol. The summed E-state index contributed by atoms with van der Waals surface area (Å²) in [5, 5.41) is 22.4. The second kappa shape index (κ2) is 9.72. The molecule has 0 heterocycles. The molecule has 0 fully saturated rings. The third-order valence-corrected chi connectivity index (χ3v) is 7.47. The molecule has 2 aliphatic rings. The van der Waals surface area contributed by atoms with E-state index < -0.39 is 22.0 Å². The van der Waals surface area contributed by atoms with Gasteiger partial charge in [0.05, 0.1) is 10.8 Å². The van der Waals surface area contributed by atoms with Crippen LogP contribution in [0.3, 0.4) is 0 Å². The fourth-order valence-corrected chi connectivity index (χ4v) is 6.48. The molecule has 0 aliphatic heterocycles. The van der Waals surface area contributed by atoms with Crippen LogP contribution in [0.5, 0.6) is 0 Å². The minimum Gasteiger partial charge on any atom is -0.382 e. The highest BCUT2D eigenvalue weighted by molar-refractivity contribution is 5.95. The summed E-state index contributed by atoms with van der Waals surface area (Å²) in [6.45, 7) is 14.9. The van der Waals surface area contributed by atoms with Crippen molar-refractivity contribution in [2.75, 3.05) is 0 Å². The number of carbonyl (C=O) groups excluding carboxylic acids is 2. The first-order valence-corrected chi connectivity index (χ1v) is 12.8. The highest BCUT2D eigenvalue weighted by atomic mass is 16.3. The molecule has 194 valence electrons. The van der Waals surface area contributed by atoms with Gasteiger partial charge in [-0.2, -0.15) is 0 Å². The van der Waals surface area contributed by atoms with Crippen molar-refractivity contribution in [3.8, 4) is 0 Å². The van der Waals surface area contributed by atoms with E-state index >= 15 is 0 Å². The smallest absolute Gasteiger partial charge is 0.174 e. The lowest BCUT2D eigenvalue weighted by molar-refractivity contribution is -0.143. The molecule has 3 rings (SSSR count). The Balaban J connectivity index is 1.72. The van der Waals surface area contributed by atoms with Crippen LogP contribution in [-0.4, -0.2) is 33.0 Å². The number of carbonyl (C=O) groups is 2. The fraction of sp³-hybridized carbons (Fsp3) is 0.500. The van der Waals surface area contributed by atoms with E-state index in [9.17, 15) is 19.8 Å². The molecule has 1 aromatic rings. The first-order valence-electron chi connectivity index (χ1n) is 12.8. The maximum absolute atomic E-state index is 13.4. The third kappa shape index (κ3) is 6.04. The summed E-state index contributed by atoms with van der Waals surface area (Å²) in [6, 6.07) is 7.47. The van der Waals surface area contributed by atoms with Crippen molar-refractivity contribution >= 4 is 11.6 Å². The molecule has 0 aromatic heterocycles. The van der Waals surface area contributed by atoms with E-state index in [1.807, 2.05) is 78.0 Å². The Morgan fingerprint density at radius 1 is 0.722 bits per heavy atom. The van der Waals surface area contributed by atoms with E-state index in [4.69, 9.17) is 0 Å². The Hall–Kier alpha value is -2.56. The van der Waals surface area contributed by atoms with Crippen molar-refractivity contribution in [3.63, 3.8) is 0 Å². The largest absolute Gasteiger partial charge is 0.382 e. The zero-order chi connectivity index (χ0) is 27.1. The van der Waals surface area contributed by atoms with Gasteiger partial charge in [-0.1, -0.05) is 70.9 Å². The van der Waals surface area contributed by atoms with Crippen LogP contribution in [0.15, 0.2) is 70.9 Å². The van der Waals surface area contributed by atoms with Gasteiger partial charge in [0.15, 0.2) is 11.6 Å². The van der Waals surface area contributed by atoms with Crippen LogP contribution in [0, 0.1) is 10.8 Å². The molecule has 0 spiro atoms. The van der Waals surface area contributed by atoms with Crippen molar-refractivity contribution in [3.05, 3.63) is 82.0 Å². The van der Waals surface area contributed by atoms with E-state index in [-0.39, 0.29) is 24.4 Å². The Labute approximate surface area is 216 Å². The van der Waals surface area contributed by atoms with E-state index in [1.54, 1.807) is 13.8 Å². The van der Waals surface area contributed by atoms with E-state index in [0.717, 1.165) is 33.4 Å². The summed E-state index contributed by atoms with van der Waals surface area (Å²) in [4.78, 5) is 26.8. The van der Waals surface area contributed by atoms with Crippen molar-refractivity contribution < 1.29 is 19.8 Å². The molecule has 4 unspecified atom stereocenters. The van der Waals surface area contributed by atoms with E-state index in [2.05, 4.69) is 12.2 Å². The highest BCUT2D eigenvalue weighted by Crippen LogP contribution is 2.40.